The van der Waals surface area contributed by atoms with Crippen molar-refractivity contribution in [2.45, 2.75) is 12.2 Å². The van der Waals surface area contributed by atoms with Crippen molar-refractivity contribution < 1.29 is 14.7 Å². The molecule has 7 heteroatoms. The molecular weight excluding hydrogens is 282 g/mol. The Bertz CT molecular complexity index is 498. The first kappa shape index (κ1) is 14.9. The average molecular weight is 300 g/mol. The standard InChI is InChI=1S/C13H18ClN3O3/c1-19-11-6-17(7-12(11)20-2)8-3-4-9(10(14)5-8)13(15)16-18/h3-5,11-12,18H,6-7H2,1-2H3,(H2,15,16). The van der Waals surface area contributed by atoms with Crippen LogP contribution in [-0.4, -0.2) is 50.6 Å². The van der Waals surface area contributed by atoms with Gasteiger partial charge in [0.15, 0.2) is 5.84 Å². The number of rotatable bonds is 4. The fourth-order valence-corrected chi connectivity index (χ4v) is 2.64. The van der Waals surface area contributed by atoms with Gasteiger partial charge in [0.1, 0.15) is 12.2 Å². The highest BCUT2D eigenvalue weighted by Crippen LogP contribution is 2.27. The maximum Gasteiger partial charge on any atom is 0.171 e. The number of halogens is 1. The van der Waals surface area contributed by atoms with Gasteiger partial charge in [-0.05, 0) is 18.2 Å². The molecule has 1 heterocycles. The maximum absolute atomic E-state index is 8.69. The van der Waals surface area contributed by atoms with Crippen molar-refractivity contribution >= 4 is 23.1 Å². The highest BCUT2D eigenvalue weighted by Gasteiger charge is 2.33. The SMILES string of the molecule is COC1CN(c2ccc(/C(N)=N/O)c(Cl)c2)CC1OC. The van der Waals surface area contributed by atoms with Gasteiger partial charge in [0.2, 0.25) is 0 Å². The number of benzene rings is 1. The molecule has 1 fully saturated rings. The van der Waals surface area contributed by atoms with Crippen molar-refractivity contribution in [3.05, 3.63) is 28.8 Å². The molecule has 110 valence electrons. The van der Waals surface area contributed by atoms with Gasteiger partial charge < -0.3 is 25.3 Å². The second-order valence-corrected chi connectivity index (χ2v) is 5.01. The van der Waals surface area contributed by atoms with Crippen LogP contribution < -0.4 is 10.6 Å². The Kier molecular flexibility index (Phi) is 4.69. The molecule has 0 amide bonds. The highest BCUT2D eigenvalue weighted by molar-refractivity contribution is 6.34. The van der Waals surface area contributed by atoms with Gasteiger partial charge in [-0.1, -0.05) is 16.8 Å². The zero-order valence-corrected chi connectivity index (χ0v) is 12.2. The Labute approximate surface area is 122 Å². The first-order valence-corrected chi connectivity index (χ1v) is 6.56. The van der Waals surface area contributed by atoms with Gasteiger partial charge in [-0.3, -0.25) is 0 Å². The molecule has 6 nitrogen and oxygen atoms in total. The van der Waals surface area contributed by atoms with E-state index in [9.17, 15) is 0 Å². The monoisotopic (exact) mass is 299 g/mol. The van der Waals surface area contributed by atoms with Crippen LogP contribution in [0.3, 0.4) is 0 Å². The number of ether oxygens (including phenoxy) is 2. The fourth-order valence-electron chi connectivity index (χ4n) is 2.37. The molecule has 1 aliphatic rings. The predicted molar refractivity (Wildman–Crippen MR) is 77.8 cm³/mol. The van der Waals surface area contributed by atoms with Gasteiger partial charge in [0.25, 0.3) is 0 Å². The molecule has 1 saturated heterocycles. The minimum absolute atomic E-state index is 0.00694. The Hall–Kier alpha value is -1.50. The topological polar surface area (TPSA) is 80.3 Å². The maximum atomic E-state index is 8.69. The molecule has 0 spiro atoms. The largest absolute Gasteiger partial charge is 0.409 e. The molecule has 0 bridgehead atoms. The molecule has 3 N–H and O–H groups in total. The first-order valence-electron chi connectivity index (χ1n) is 6.18. The van der Waals surface area contributed by atoms with E-state index in [0.29, 0.717) is 10.6 Å². The molecule has 1 aromatic carbocycles. The number of hydrogen-bond donors (Lipinski definition) is 2. The molecular formula is C13H18ClN3O3. The number of amidine groups is 1. The number of nitrogens with two attached hydrogens (primary N) is 1. The van der Waals surface area contributed by atoms with E-state index in [1.165, 1.54) is 0 Å². The second kappa shape index (κ2) is 6.30. The van der Waals surface area contributed by atoms with Gasteiger partial charge >= 0.3 is 0 Å². The van der Waals surface area contributed by atoms with Gasteiger partial charge in [0, 0.05) is 38.6 Å². The lowest BCUT2D eigenvalue weighted by Crippen LogP contribution is -2.27. The Balaban J connectivity index is 2.21. The normalized spacial score (nSPS) is 23.4. The minimum Gasteiger partial charge on any atom is -0.409 e. The fraction of sp³-hybridized carbons (Fsp3) is 0.462. The molecule has 2 unspecified atom stereocenters. The summed E-state index contributed by atoms with van der Waals surface area (Å²) >= 11 is 6.16. The van der Waals surface area contributed by atoms with Crippen LogP contribution in [0.4, 0.5) is 5.69 Å². The smallest absolute Gasteiger partial charge is 0.171 e. The van der Waals surface area contributed by atoms with E-state index in [4.69, 9.17) is 32.0 Å². The summed E-state index contributed by atoms with van der Waals surface area (Å²) in [6.07, 6.45) is 0.0602. The highest BCUT2D eigenvalue weighted by atomic mass is 35.5. The van der Waals surface area contributed by atoms with E-state index < -0.39 is 0 Å². The van der Waals surface area contributed by atoms with Crippen LogP contribution in [0.2, 0.25) is 5.02 Å². The molecule has 2 atom stereocenters. The third-order valence-corrected chi connectivity index (χ3v) is 3.84. The van der Waals surface area contributed by atoms with Crippen molar-refractivity contribution in [1.82, 2.24) is 0 Å². The third kappa shape index (κ3) is 2.82. The van der Waals surface area contributed by atoms with Gasteiger partial charge in [0.05, 0.1) is 5.02 Å². The summed E-state index contributed by atoms with van der Waals surface area (Å²) in [5.74, 6) is -0.00694. The summed E-state index contributed by atoms with van der Waals surface area (Å²) in [5, 5.41) is 12.1. The predicted octanol–water partition coefficient (Wildman–Crippen LogP) is 1.28. The summed E-state index contributed by atoms with van der Waals surface area (Å²) in [7, 11) is 3.35. The third-order valence-electron chi connectivity index (χ3n) is 3.52. The molecule has 20 heavy (non-hydrogen) atoms. The van der Waals surface area contributed by atoms with E-state index in [1.807, 2.05) is 6.07 Å². The molecule has 0 saturated carbocycles. The number of oxime groups is 1. The lowest BCUT2D eigenvalue weighted by atomic mass is 10.2. The van der Waals surface area contributed by atoms with Crippen molar-refractivity contribution in [3.8, 4) is 0 Å². The van der Waals surface area contributed by atoms with Crippen LogP contribution in [0, 0.1) is 0 Å². The van der Waals surface area contributed by atoms with Crippen molar-refractivity contribution in [2.75, 3.05) is 32.2 Å². The number of anilines is 1. The molecule has 0 aliphatic carbocycles. The van der Waals surface area contributed by atoms with Crippen molar-refractivity contribution in [3.63, 3.8) is 0 Å². The first-order chi connectivity index (χ1) is 9.60. The zero-order valence-electron chi connectivity index (χ0n) is 11.4. The minimum atomic E-state index is -0.00694. The summed E-state index contributed by atoms with van der Waals surface area (Å²) < 4.78 is 10.8. The van der Waals surface area contributed by atoms with Crippen LogP contribution in [0.5, 0.6) is 0 Å². The van der Waals surface area contributed by atoms with Gasteiger partial charge in [-0.25, -0.2) is 0 Å². The van der Waals surface area contributed by atoms with Crippen molar-refractivity contribution in [2.24, 2.45) is 10.9 Å². The Morgan fingerprint density at radius 2 is 1.95 bits per heavy atom. The van der Waals surface area contributed by atoms with Gasteiger partial charge in [-0.2, -0.15) is 0 Å². The quantitative estimate of drug-likeness (QED) is 0.379. The summed E-state index contributed by atoms with van der Waals surface area (Å²) in [5.41, 5.74) is 7.00. The van der Waals surface area contributed by atoms with E-state index in [2.05, 4.69) is 10.1 Å². The number of nitrogens with zero attached hydrogens (tertiary/aromatic N) is 2. The second-order valence-electron chi connectivity index (χ2n) is 4.60. The van der Waals surface area contributed by atoms with E-state index in [-0.39, 0.29) is 18.0 Å². The summed E-state index contributed by atoms with van der Waals surface area (Å²) in [6.45, 7) is 1.46. The Morgan fingerprint density at radius 1 is 1.35 bits per heavy atom. The van der Waals surface area contributed by atoms with Crippen LogP contribution in [0.1, 0.15) is 5.56 Å². The number of methoxy groups -OCH3 is 2. The van der Waals surface area contributed by atoms with Crippen LogP contribution in [0.25, 0.3) is 0 Å². The average Bonchev–Trinajstić information content (AvgIpc) is 2.89. The number of hydrogen-bond acceptors (Lipinski definition) is 5. The molecule has 0 radical (unpaired) electrons. The zero-order chi connectivity index (χ0) is 14.7. The van der Waals surface area contributed by atoms with E-state index in [0.717, 1.165) is 18.8 Å². The van der Waals surface area contributed by atoms with Gasteiger partial charge in [-0.15, -0.1) is 0 Å². The van der Waals surface area contributed by atoms with Crippen LogP contribution >= 0.6 is 11.6 Å². The molecule has 0 aromatic heterocycles. The lowest BCUT2D eigenvalue weighted by molar-refractivity contribution is -0.00461. The van der Waals surface area contributed by atoms with E-state index in [1.54, 1.807) is 26.4 Å². The van der Waals surface area contributed by atoms with E-state index >= 15 is 0 Å². The molecule has 1 aromatic rings. The molecule has 1 aliphatic heterocycles. The lowest BCUT2D eigenvalue weighted by Gasteiger charge is -2.19. The summed E-state index contributed by atoms with van der Waals surface area (Å²) in [4.78, 5) is 2.13. The Morgan fingerprint density at radius 3 is 2.40 bits per heavy atom. The van der Waals surface area contributed by atoms with Crippen LogP contribution in [0.15, 0.2) is 23.4 Å². The molecule has 2 rings (SSSR count). The van der Waals surface area contributed by atoms with Crippen LogP contribution in [-0.2, 0) is 9.47 Å². The van der Waals surface area contributed by atoms with Crippen molar-refractivity contribution in [1.29, 1.82) is 0 Å². The summed E-state index contributed by atoms with van der Waals surface area (Å²) in [6, 6.07) is 5.40.